The first-order valence-electron chi connectivity index (χ1n) is 6.73. The summed E-state index contributed by atoms with van der Waals surface area (Å²) in [6, 6.07) is 3.57. The second-order valence-electron chi connectivity index (χ2n) is 5.43. The number of hydrogen-bond donors (Lipinski definition) is 1. The second-order valence-corrected chi connectivity index (χ2v) is 7.60. The number of hydrogen-bond acceptors (Lipinski definition) is 4. The zero-order valence-corrected chi connectivity index (χ0v) is 14.1. The molecule has 0 aliphatic heterocycles. The van der Waals surface area contributed by atoms with Gasteiger partial charge in [0.05, 0.1) is 17.2 Å². The average molecular weight is 343 g/mol. The minimum absolute atomic E-state index is 0.0846. The van der Waals surface area contributed by atoms with E-state index < -0.39 is 6.10 Å². The fourth-order valence-corrected chi connectivity index (χ4v) is 4.43. The van der Waals surface area contributed by atoms with Gasteiger partial charge in [0.25, 0.3) is 0 Å². The third-order valence-corrected chi connectivity index (χ3v) is 5.29. The van der Waals surface area contributed by atoms with Gasteiger partial charge in [0, 0.05) is 34.1 Å². The molecule has 3 nitrogen and oxygen atoms in total. The van der Waals surface area contributed by atoms with Crippen LogP contribution in [0.15, 0.2) is 18.3 Å². The predicted molar refractivity (Wildman–Crippen MR) is 87.2 cm³/mol. The first-order valence-corrected chi connectivity index (χ1v) is 8.30. The van der Waals surface area contributed by atoms with Crippen LogP contribution in [0.4, 0.5) is 0 Å². The highest BCUT2D eigenvalue weighted by Crippen LogP contribution is 2.41. The third kappa shape index (κ3) is 2.96. The van der Waals surface area contributed by atoms with Gasteiger partial charge < -0.3 is 5.11 Å². The van der Waals surface area contributed by atoms with Crippen molar-refractivity contribution >= 4 is 34.5 Å². The van der Waals surface area contributed by atoms with Crippen molar-refractivity contribution in [3.63, 3.8) is 0 Å². The molecule has 1 N–H and O–H groups in total. The van der Waals surface area contributed by atoms with Gasteiger partial charge in [-0.1, -0.05) is 23.2 Å². The van der Waals surface area contributed by atoms with Gasteiger partial charge in [0.1, 0.15) is 0 Å². The molecule has 2 aromatic rings. The van der Waals surface area contributed by atoms with Gasteiger partial charge in [-0.2, -0.15) is 0 Å². The minimum Gasteiger partial charge on any atom is -0.391 e. The Labute approximate surface area is 138 Å². The Balaban J connectivity index is 1.89. The van der Waals surface area contributed by atoms with E-state index in [0.717, 1.165) is 22.7 Å². The molecule has 1 heterocycles. The van der Waals surface area contributed by atoms with Crippen LogP contribution in [0.5, 0.6) is 0 Å². The molecule has 21 heavy (non-hydrogen) atoms. The maximum Gasteiger partial charge on any atom is 0.0897 e. The number of aryl methyl sites for hydroxylation is 1. The quantitative estimate of drug-likeness (QED) is 0.920. The summed E-state index contributed by atoms with van der Waals surface area (Å²) in [5.41, 5.74) is 2.04. The van der Waals surface area contributed by atoms with E-state index in [9.17, 15) is 5.11 Å². The monoisotopic (exact) mass is 342 g/mol. The number of rotatable bonds is 3. The minimum atomic E-state index is -0.463. The summed E-state index contributed by atoms with van der Waals surface area (Å²) in [6.07, 6.45) is 2.00. The van der Waals surface area contributed by atoms with E-state index in [2.05, 4.69) is 9.88 Å². The highest BCUT2D eigenvalue weighted by molar-refractivity contribution is 7.11. The van der Waals surface area contributed by atoms with Crippen LogP contribution in [0.25, 0.3) is 0 Å². The Morgan fingerprint density at radius 3 is 2.86 bits per heavy atom. The highest BCUT2D eigenvalue weighted by atomic mass is 35.5. The van der Waals surface area contributed by atoms with Crippen LogP contribution < -0.4 is 0 Å². The number of aliphatic hydroxyl groups is 1. The van der Waals surface area contributed by atoms with Crippen molar-refractivity contribution in [2.24, 2.45) is 0 Å². The van der Waals surface area contributed by atoms with E-state index in [1.807, 2.05) is 26.2 Å². The van der Waals surface area contributed by atoms with Crippen molar-refractivity contribution in [1.82, 2.24) is 9.88 Å². The average Bonchev–Trinajstić information content (AvgIpc) is 2.92. The SMILES string of the molecule is Cc1ncc(CN(C)[C@H]2c3cc(Cl)cc(Cl)c3C[C@@H]2O)s1. The molecule has 2 atom stereocenters. The fourth-order valence-electron chi connectivity index (χ4n) is 2.98. The van der Waals surface area contributed by atoms with Crippen molar-refractivity contribution in [2.45, 2.75) is 32.0 Å². The number of likely N-dealkylation sites (N-methyl/N-ethyl adjacent to an activating group) is 1. The molecule has 1 aromatic heterocycles. The van der Waals surface area contributed by atoms with Crippen molar-refractivity contribution in [3.8, 4) is 0 Å². The normalized spacial score (nSPS) is 21.0. The second kappa shape index (κ2) is 5.86. The predicted octanol–water partition coefficient (Wildman–Crippen LogP) is 3.85. The summed E-state index contributed by atoms with van der Waals surface area (Å²) in [4.78, 5) is 7.59. The molecule has 0 radical (unpaired) electrons. The van der Waals surface area contributed by atoms with Crippen molar-refractivity contribution < 1.29 is 5.11 Å². The summed E-state index contributed by atoms with van der Waals surface area (Å²) in [5.74, 6) is 0. The molecule has 0 fully saturated rings. The molecule has 0 amide bonds. The molecule has 1 aliphatic rings. The number of aromatic nitrogens is 1. The van der Waals surface area contributed by atoms with E-state index in [0.29, 0.717) is 16.5 Å². The molecule has 0 spiro atoms. The number of benzene rings is 1. The van der Waals surface area contributed by atoms with Gasteiger partial charge in [-0.05, 0) is 37.2 Å². The van der Waals surface area contributed by atoms with E-state index in [1.54, 1.807) is 17.4 Å². The van der Waals surface area contributed by atoms with Gasteiger partial charge in [-0.3, -0.25) is 4.90 Å². The lowest BCUT2D eigenvalue weighted by atomic mass is 10.1. The summed E-state index contributed by atoms with van der Waals surface area (Å²) in [6.45, 7) is 2.74. The fraction of sp³-hybridized carbons (Fsp3) is 0.400. The molecule has 6 heteroatoms. The Morgan fingerprint density at radius 1 is 1.43 bits per heavy atom. The van der Waals surface area contributed by atoms with Gasteiger partial charge in [0.2, 0.25) is 0 Å². The maximum absolute atomic E-state index is 10.4. The summed E-state index contributed by atoms with van der Waals surface area (Å²) < 4.78 is 0. The summed E-state index contributed by atoms with van der Waals surface area (Å²) >= 11 is 14.0. The van der Waals surface area contributed by atoms with Crippen molar-refractivity contribution in [3.05, 3.63) is 49.4 Å². The van der Waals surface area contributed by atoms with Gasteiger partial charge in [-0.15, -0.1) is 11.3 Å². The molecule has 1 aliphatic carbocycles. The first-order chi connectivity index (χ1) is 9.95. The zero-order valence-electron chi connectivity index (χ0n) is 11.8. The number of halogens is 2. The van der Waals surface area contributed by atoms with Crippen LogP contribution in [-0.2, 0) is 13.0 Å². The van der Waals surface area contributed by atoms with Gasteiger partial charge in [0.15, 0.2) is 0 Å². The number of aliphatic hydroxyl groups excluding tert-OH is 1. The van der Waals surface area contributed by atoms with Crippen LogP contribution in [0.2, 0.25) is 10.0 Å². The standard InChI is InChI=1S/C15H16Cl2N2OS/c1-8-18-6-10(21-8)7-19(2)15-12-3-9(16)4-13(17)11(12)5-14(15)20/h3-4,6,14-15,20H,5,7H2,1-2H3/t14-,15-/m0/s1. The van der Waals surface area contributed by atoms with Crippen molar-refractivity contribution in [2.75, 3.05) is 7.05 Å². The molecule has 0 saturated carbocycles. The number of thiazole rings is 1. The molecular formula is C15H16Cl2N2OS. The van der Waals surface area contributed by atoms with E-state index in [-0.39, 0.29) is 6.04 Å². The van der Waals surface area contributed by atoms with Crippen LogP contribution in [0, 0.1) is 6.92 Å². The molecule has 0 unspecified atom stereocenters. The smallest absolute Gasteiger partial charge is 0.0897 e. The Kier molecular flexibility index (Phi) is 4.26. The van der Waals surface area contributed by atoms with E-state index >= 15 is 0 Å². The zero-order chi connectivity index (χ0) is 15.1. The summed E-state index contributed by atoms with van der Waals surface area (Å²) in [7, 11) is 2.01. The van der Waals surface area contributed by atoms with E-state index in [1.165, 1.54) is 4.88 Å². The topological polar surface area (TPSA) is 36.4 Å². The van der Waals surface area contributed by atoms with Crippen LogP contribution in [-0.4, -0.2) is 28.1 Å². The van der Waals surface area contributed by atoms with Crippen LogP contribution in [0.1, 0.15) is 27.1 Å². The molecule has 3 rings (SSSR count). The molecule has 112 valence electrons. The lowest BCUT2D eigenvalue weighted by molar-refractivity contribution is 0.0730. The lowest BCUT2D eigenvalue weighted by Crippen LogP contribution is -2.30. The molecule has 0 bridgehead atoms. The summed E-state index contributed by atoms with van der Waals surface area (Å²) in [5, 5.41) is 12.7. The maximum atomic E-state index is 10.4. The van der Waals surface area contributed by atoms with Crippen molar-refractivity contribution in [1.29, 1.82) is 0 Å². The largest absolute Gasteiger partial charge is 0.391 e. The molecular weight excluding hydrogens is 327 g/mol. The van der Waals surface area contributed by atoms with Crippen LogP contribution >= 0.6 is 34.5 Å². The number of nitrogens with zero attached hydrogens (tertiary/aromatic N) is 2. The lowest BCUT2D eigenvalue weighted by Gasteiger charge is -2.27. The van der Waals surface area contributed by atoms with E-state index in [4.69, 9.17) is 23.2 Å². The molecule has 0 saturated heterocycles. The highest BCUT2D eigenvalue weighted by Gasteiger charge is 2.35. The molecule has 1 aromatic carbocycles. The Morgan fingerprint density at radius 2 is 2.19 bits per heavy atom. The Bertz CT molecular complexity index is 674. The Hall–Kier alpha value is -0.650. The van der Waals surface area contributed by atoms with Crippen LogP contribution in [0.3, 0.4) is 0 Å². The first kappa shape index (κ1) is 15.3. The third-order valence-electron chi connectivity index (χ3n) is 3.84. The van der Waals surface area contributed by atoms with Gasteiger partial charge in [-0.25, -0.2) is 4.98 Å². The number of fused-ring (bicyclic) bond motifs is 1. The van der Waals surface area contributed by atoms with Gasteiger partial charge >= 0.3 is 0 Å².